The lowest BCUT2D eigenvalue weighted by Crippen LogP contribution is -2.18. The summed E-state index contributed by atoms with van der Waals surface area (Å²) in [5.74, 6) is 0.218. The Kier molecular flexibility index (Phi) is 8.49. The van der Waals surface area contributed by atoms with E-state index in [1.54, 1.807) is 13.8 Å². The first-order valence-electron chi connectivity index (χ1n) is 10.00. The molecule has 0 aliphatic rings. The van der Waals surface area contributed by atoms with E-state index < -0.39 is 7.60 Å². The molecule has 0 spiro atoms. The zero-order valence-electron chi connectivity index (χ0n) is 18.7. The van der Waals surface area contributed by atoms with E-state index in [0.29, 0.717) is 12.2 Å². The van der Waals surface area contributed by atoms with E-state index in [0.717, 1.165) is 16.7 Å². The summed E-state index contributed by atoms with van der Waals surface area (Å²) >= 11 is 0. The molecule has 1 atom stereocenters. The van der Waals surface area contributed by atoms with Crippen LogP contribution in [0, 0.1) is 0 Å². The monoisotopic (exact) mass is 412 g/mol. The van der Waals surface area contributed by atoms with E-state index in [2.05, 4.69) is 41.5 Å². The highest BCUT2D eigenvalue weighted by Crippen LogP contribution is 2.47. The number of ketones is 1. The van der Waals surface area contributed by atoms with Crippen LogP contribution < -0.4 is 0 Å². The number of carbonyl (C=O) groups is 1. The summed E-state index contributed by atoms with van der Waals surface area (Å²) in [7, 11) is -3.17. The Balaban J connectivity index is 2.95. The molecule has 0 aromatic heterocycles. The molecule has 0 aliphatic heterocycles. The van der Waals surface area contributed by atoms with E-state index in [1.165, 1.54) is 0 Å². The van der Waals surface area contributed by atoms with Crippen molar-refractivity contribution in [3.05, 3.63) is 28.8 Å². The van der Waals surface area contributed by atoms with E-state index >= 15 is 0 Å². The van der Waals surface area contributed by atoms with Crippen LogP contribution >= 0.6 is 7.60 Å². The van der Waals surface area contributed by atoms with Gasteiger partial charge in [-0.05, 0) is 40.9 Å². The van der Waals surface area contributed by atoms with Gasteiger partial charge in [0, 0.05) is 12.6 Å². The Morgan fingerprint density at radius 1 is 1.00 bits per heavy atom. The topological polar surface area (TPSA) is 72.8 Å². The lowest BCUT2D eigenvalue weighted by Gasteiger charge is -2.28. The number of rotatable bonds is 9. The first kappa shape index (κ1) is 24.9. The highest BCUT2D eigenvalue weighted by atomic mass is 31.2. The smallest absolute Gasteiger partial charge is 0.330 e. The summed E-state index contributed by atoms with van der Waals surface area (Å²) in [5, 5.41) is 10.8. The maximum atomic E-state index is 12.3. The highest BCUT2D eigenvalue weighted by Gasteiger charge is 2.27. The standard InChI is InChI=1S/C22H37O5P/c1-9-26-28(25,10-2)27-15-17(23)12-11-16-13-18(21(3,4)5)20(24)19(14-16)22(6,7)8/h13-14,24H,9-12,15H2,1-8H3. The van der Waals surface area contributed by atoms with Crippen molar-refractivity contribution in [3.8, 4) is 5.75 Å². The Hall–Kier alpha value is -1.16. The van der Waals surface area contributed by atoms with Gasteiger partial charge >= 0.3 is 7.60 Å². The third kappa shape index (κ3) is 7.02. The van der Waals surface area contributed by atoms with Crippen molar-refractivity contribution in [3.63, 3.8) is 0 Å². The third-order valence-corrected chi connectivity index (χ3v) is 6.56. The van der Waals surface area contributed by atoms with Crippen LogP contribution in [0.25, 0.3) is 0 Å². The average molecular weight is 413 g/mol. The molecular formula is C22H37O5P. The lowest BCUT2D eigenvalue weighted by atomic mass is 9.78. The first-order valence-corrected chi connectivity index (χ1v) is 11.7. The number of aromatic hydroxyl groups is 1. The van der Waals surface area contributed by atoms with Gasteiger partial charge in [0.15, 0.2) is 5.78 Å². The molecule has 0 bridgehead atoms. The molecule has 5 nitrogen and oxygen atoms in total. The maximum Gasteiger partial charge on any atom is 0.330 e. The quantitative estimate of drug-likeness (QED) is 0.523. The average Bonchev–Trinajstić information content (AvgIpc) is 2.57. The zero-order valence-corrected chi connectivity index (χ0v) is 19.6. The molecule has 0 amide bonds. The van der Waals surface area contributed by atoms with Crippen molar-refractivity contribution in [2.45, 2.75) is 79.1 Å². The summed E-state index contributed by atoms with van der Waals surface area (Å²) in [6, 6.07) is 3.96. The Morgan fingerprint density at radius 2 is 1.50 bits per heavy atom. The molecule has 1 aromatic carbocycles. The van der Waals surface area contributed by atoms with E-state index in [4.69, 9.17) is 9.05 Å². The van der Waals surface area contributed by atoms with E-state index in [-0.39, 0.29) is 42.4 Å². The van der Waals surface area contributed by atoms with Crippen molar-refractivity contribution in [1.82, 2.24) is 0 Å². The second-order valence-electron chi connectivity index (χ2n) is 9.20. The highest BCUT2D eigenvalue weighted by molar-refractivity contribution is 7.53. The van der Waals surface area contributed by atoms with Crippen LogP contribution in [0.4, 0.5) is 0 Å². The second-order valence-corrected chi connectivity index (χ2v) is 11.6. The third-order valence-electron chi connectivity index (χ3n) is 4.61. The maximum absolute atomic E-state index is 12.3. The summed E-state index contributed by atoms with van der Waals surface area (Å²) in [6.45, 7) is 15.9. The minimum Gasteiger partial charge on any atom is -0.507 e. The molecule has 160 valence electrons. The van der Waals surface area contributed by atoms with Crippen LogP contribution in [0.2, 0.25) is 0 Å². The zero-order chi connectivity index (χ0) is 21.8. The van der Waals surface area contributed by atoms with Gasteiger partial charge in [0.2, 0.25) is 0 Å². The predicted octanol–water partition coefficient (Wildman–Crippen LogP) is 5.76. The van der Waals surface area contributed by atoms with Crippen LogP contribution in [0.3, 0.4) is 0 Å². The van der Waals surface area contributed by atoms with Gasteiger partial charge < -0.3 is 14.2 Å². The summed E-state index contributed by atoms with van der Waals surface area (Å²) in [4.78, 5) is 12.3. The van der Waals surface area contributed by atoms with Crippen LogP contribution in [0.1, 0.15) is 78.5 Å². The summed E-state index contributed by atoms with van der Waals surface area (Å²) < 4.78 is 22.7. The molecule has 1 unspecified atom stereocenters. The molecule has 0 heterocycles. The number of aryl methyl sites for hydroxylation is 1. The van der Waals surface area contributed by atoms with Crippen molar-refractivity contribution in [2.75, 3.05) is 19.4 Å². The lowest BCUT2D eigenvalue weighted by molar-refractivity contribution is -0.121. The molecule has 6 heteroatoms. The van der Waals surface area contributed by atoms with Crippen LogP contribution in [0.5, 0.6) is 5.75 Å². The molecule has 0 fully saturated rings. The van der Waals surface area contributed by atoms with Gasteiger partial charge in [-0.1, -0.05) is 60.6 Å². The Labute approximate surface area is 170 Å². The number of hydrogen-bond donors (Lipinski definition) is 1. The SMILES string of the molecule is CCOP(=O)(CC)OCC(=O)CCc1cc(C(C)(C)C)c(O)c(C(C)(C)C)c1. The first-order chi connectivity index (χ1) is 12.7. The normalized spacial score (nSPS) is 14.7. The molecule has 0 saturated carbocycles. The van der Waals surface area contributed by atoms with Gasteiger partial charge in [-0.3, -0.25) is 9.36 Å². The van der Waals surface area contributed by atoms with Gasteiger partial charge in [-0.15, -0.1) is 0 Å². The molecule has 28 heavy (non-hydrogen) atoms. The fraction of sp³-hybridized carbons (Fsp3) is 0.682. The molecule has 0 radical (unpaired) electrons. The minimum absolute atomic E-state index is 0.115. The van der Waals surface area contributed by atoms with Crippen molar-refractivity contribution >= 4 is 13.4 Å². The van der Waals surface area contributed by atoms with Crippen molar-refractivity contribution in [1.29, 1.82) is 0 Å². The van der Waals surface area contributed by atoms with E-state index in [9.17, 15) is 14.5 Å². The van der Waals surface area contributed by atoms with Gasteiger partial charge in [-0.25, -0.2) is 0 Å². The second kappa shape index (κ2) is 9.56. The minimum atomic E-state index is -3.17. The number of Topliss-reactive ketones (excluding diaryl/α,β-unsaturated/α-hetero) is 1. The van der Waals surface area contributed by atoms with Crippen molar-refractivity contribution in [2.24, 2.45) is 0 Å². The van der Waals surface area contributed by atoms with Crippen molar-refractivity contribution < 1.29 is 23.5 Å². The number of benzene rings is 1. The molecule has 1 rings (SSSR count). The largest absolute Gasteiger partial charge is 0.507 e. The fourth-order valence-electron chi connectivity index (χ4n) is 2.92. The Bertz CT molecular complexity index is 690. The predicted molar refractivity (Wildman–Crippen MR) is 115 cm³/mol. The number of phenols is 1. The molecule has 1 N–H and O–H groups in total. The molecule has 0 saturated heterocycles. The number of hydrogen-bond acceptors (Lipinski definition) is 5. The van der Waals surface area contributed by atoms with E-state index in [1.807, 2.05) is 12.1 Å². The van der Waals surface area contributed by atoms with Gasteiger partial charge in [0.1, 0.15) is 12.4 Å². The van der Waals surface area contributed by atoms with Gasteiger partial charge in [0.25, 0.3) is 0 Å². The van der Waals surface area contributed by atoms with Crippen LogP contribution in [-0.4, -0.2) is 30.3 Å². The molecular weight excluding hydrogens is 375 g/mol. The van der Waals surface area contributed by atoms with Gasteiger partial charge in [-0.2, -0.15) is 0 Å². The molecule has 0 aliphatic carbocycles. The molecule has 1 aromatic rings. The summed E-state index contributed by atoms with van der Waals surface area (Å²) in [5.41, 5.74) is 2.34. The number of carbonyl (C=O) groups excluding carboxylic acids is 1. The summed E-state index contributed by atoms with van der Waals surface area (Å²) in [6.07, 6.45) is 1.07. The Morgan fingerprint density at radius 3 is 1.89 bits per heavy atom. The van der Waals surface area contributed by atoms with Gasteiger partial charge in [0.05, 0.1) is 6.61 Å². The van der Waals surface area contributed by atoms with Crippen LogP contribution in [0.15, 0.2) is 12.1 Å². The van der Waals surface area contributed by atoms with Crippen LogP contribution in [-0.2, 0) is 35.7 Å². The fourth-order valence-corrected chi connectivity index (χ4v) is 4.10. The number of phenolic OH excluding ortho intramolecular Hbond substituents is 1.